The molecule has 2 nitrogen and oxygen atoms in total. The lowest BCUT2D eigenvalue weighted by Crippen LogP contribution is -2.27. The first kappa shape index (κ1) is 12.6. The van der Waals surface area contributed by atoms with Crippen LogP contribution in [0.25, 0.3) is 10.8 Å². The van der Waals surface area contributed by atoms with Gasteiger partial charge < -0.3 is 0 Å². The molecule has 0 aliphatic heterocycles. The van der Waals surface area contributed by atoms with Crippen LogP contribution >= 0.6 is 0 Å². The quantitative estimate of drug-likeness (QED) is 0.811. The highest BCUT2D eigenvalue weighted by Gasteiger charge is 2.18. The third-order valence-electron chi connectivity index (χ3n) is 3.42. The van der Waals surface area contributed by atoms with Crippen LogP contribution in [0.2, 0.25) is 0 Å². The van der Waals surface area contributed by atoms with Crippen LogP contribution in [0, 0.1) is 11.3 Å². The lowest BCUT2D eigenvalue weighted by atomic mass is 9.98. The predicted molar refractivity (Wildman–Crippen MR) is 75.2 cm³/mol. The molecule has 0 unspecified atom stereocenters. The van der Waals surface area contributed by atoms with Crippen LogP contribution in [0.15, 0.2) is 42.5 Å². The number of nitriles is 1. The summed E-state index contributed by atoms with van der Waals surface area (Å²) in [4.78, 5) is 2.18. The summed E-state index contributed by atoms with van der Waals surface area (Å²) in [6, 6.07) is 16.7. The van der Waals surface area contributed by atoms with Gasteiger partial charge in [-0.15, -0.1) is 0 Å². The van der Waals surface area contributed by atoms with Gasteiger partial charge >= 0.3 is 0 Å². The summed E-state index contributed by atoms with van der Waals surface area (Å²) in [5.74, 6) is 0. The van der Waals surface area contributed by atoms with Gasteiger partial charge in [0.25, 0.3) is 0 Å². The van der Waals surface area contributed by atoms with Crippen molar-refractivity contribution in [3.05, 3.63) is 48.0 Å². The van der Waals surface area contributed by atoms with Gasteiger partial charge in [0, 0.05) is 0 Å². The average molecular weight is 238 g/mol. The summed E-state index contributed by atoms with van der Waals surface area (Å²) < 4.78 is 0. The van der Waals surface area contributed by atoms with Crippen molar-refractivity contribution in [1.29, 1.82) is 5.26 Å². The van der Waals surface area contributed by atoms with E-state index >= 15 is 0 Å². The maximum Gasteiger partial charge on any atom is 0.124 e. The molecule has 0 spiro atoms. The van der Waals surface area contributed by atoms with Crippen LogP contribution in [0.3, 0.4) is 0 Å². The molecule has 0 heterocycles. The minimum atomic E-state index is -0.161. The van der Waals surface area contributed by atoms with Gasteiger partial charge in [0.1, 0.15) is 6.04 Å². The highest BCUT2D eigenvalue weighted by Crippen LogP contribution is 2.27. The molecule has 92 valence electrons. The Morgan fingerprint density at radius 3 is 2.39 bits per heavy atom. The van der Waals surface area contributed by atoms with Crippen molar-refractivity contribution >= 4 is 10.8 Å². The molecule has 2 aromatic rings. The molecule has 0 amide bonds. The van der Waals surface area contributed by atoms with E-state index in [1.165, 1.54) is 10.8 Å². The lowest BCUT2D eigenvalue weighted by Gasteiger charge is -2.25. The van der Waals surface area contributed by atoms with Crippen LogP contribution in [-0.4, -0.2) is 18.0 Å². The highest BCUT2D eigenvalue weighted by atomic mass is 15.1. The summed E-state index contributed by atoms with van der Waals surface area (Å²) in [5, 5.41) is 11.9. The van der Waals surface area contributed by atoms with E-state index in [9.17, 15) is 5.26 Å². The lowest BCUT2D eigenvalue weighted by molar-refractivity contribution is 0.264. The molecule has 2 aromatic carbocycles. The summed E-state index contributed by atoms with van der Waals surface area (Å²) in [5.41, 5.74) is 1.11. The van der Waals surface area contributed by atoms with Gasteiger partial charge in [-0.2, -0.15) is 5.26 Å². The van der Waals surface area contributed by atoms with Gasteiger partial charge in [0.05, 0.1) is 6.07 Å². The number of benzene rings is 2. The van der Waals surface area contributed by atoms with E-state index in [1.807, 2.05) is 18.2 Å². The molecule has 2 heteroatoms. The molecular formula is C16H18N2. The largest absolute Gasteiger partial charge is 0.285 e. The van der Waals surface area contributed by atoms with E-state index in [-0.39, 0.29) is 6.04 Å². The van der Waals surface area contributed by atoms with E-state index < -0.39 is 0 Å². The first-order valence-corrected chi connectivity index (χ1v) is 6.43. The summed E-state index contributed by atoms with van der Waals surface area (Å²) >= 11 is 0. The second kappa shape index (κ2) is 5.66. The van der Waals surface area contributed by atoms with E-state index in [1.54, 1.807) is 0 Å². The third-order valence-corrected chi connectivity index (χ3v) is 3.42. The van der Waals surface area contributed by atoms with Crippen molar-refractivity contribution in [3.8, 4) is 6.07 Å². The number of hydrogen-bond donors (Lipinski definition) is 0. The Morgan fingerprint density at radius 2 is 1.72 bits per heavy atom. The molecule has 18 heavy (non-hydrogen) atoms. The Labute approximate surface area is 108 Å². The highest BCUT2D eigenvalue weighted by molar-refractivity contribution is 5.86. The number of rotatable bonds is 4. The molecule has 0 saturated carbocycles. The number of hydrogen-bond acceptors (Lipinski definition) is 2. The fourth-order valence-electron chi connectivity index (χ4n) is 2.43. The van der Waals surface area contributed by atoms with E-state index in [2.05, 4.69) is 49.1 Å². The van der Waals surface area contributed by atoms with Gasteiger partial charge in [-0.05, 0) is 29.4 Å². The van der Waals surface area contributed by atoms with Crippen molar-refractivity contribution in [3.63, 3.8) is 0 Å². The van der Waals surface area contributed by atoms with Crippen LogP contribution in [0.1, 0.15) is 25.5 Å². The van der Waals surface area contributed by atoms with E-state index in [4.69, 9.17) is 0 Å². The maximum absolute atomic E-state index is 9.48. The molecule has 0 bridgehead atoms. The van der Waals surface area contributed by atoms with Crippen molar-refractivity contribution in [2.75, 3.05) is 13.1 Å². The topological polar surface area (TPSA) is 27.0 Å². The van der Waals surface area contributed by atoms with Crippen molar-refractivity contribution < 1.29 is 0 Å². The Balaban J connectivity index is 2.55. The molecule has 0 saturated heterocycles. The molecule has 0 aliphatic rings. The zero-order valence-corrected chi connectivity index (χ0v) is 10.9. The van der Waals surface area contributed by atoms with Crippen molar-refractivity contribution in [2.45, 2.75) is 19.9 Å². The van der Waals surface area contributed by atoms with Gasteiger partial charge in [-0.25, -0.2) is 0 Å². The smallest absolute Gasteiger partial charge is 0.124 e. The predicted octanol–water partition coefficient (Wildman–Crippen LogP) is 3.75. The molecule has 0 radical (unpaired) electrons. The molecule has 0 N–H and O–H groups in total. The average Bonchev–Trinajstić information content (AvgIpc) is 2.44. The maximum atomic E-state index is 9.48. The van der Waals surface area contributed by atoms with Crippen LogP contribution < -0.4 is 0 Å². The standard InChI is InChI=1S/C16H18N2/c1-3-18(4-2)16(12-17)15-11-7-9-13-8-5-6-10-14(13)15/h5-11,16H,3-4H2,1-2H3/t16-/m1/s1. The summed E-state index contributed by atoms with van der Waals surface area (Å²) in [6.45, 7) is 5.97. The van der Waals surface area contributed by atoms with Crippen LogP contribution in [0.5, 0.6) is 0 Å². The van der Waals surface area contributed by atoms with Crippen molar-refractivity contribution in [1.82, 2.24) is 4.90 Å². The molecular weight excluding hydrogens is 220 g/mol. The fraction of sp³-hybridized carbons (Fsp3) is 0.312. The van der Waals surface area contributed by atoms with Crippen LogP contribution in [-0.2, 0) is 0 Å². The summed E-state index contributed by atoms with van der Waals surface area (Å²) in [7, 11) is 0. The molecule has 0 aromatic heterocycles. The first-order valence-electron chi connectivity index (χ1n) is 6.43. The first-order chi connectivity index (χ1) is 8.81. The monoisotopic (exact) mass is 238 g/mol. The minimum absolute atomic E-state index is 0.161. The van der Waals surface area contributed by atoms with Crippen LogP contribution in [0.4, 0.5) is 0 Å². The van der Waals surface area contributed by atoms with Crippen molar-refractivity contribution in [2.24, 2.45) is 0 Å². The fourth-order valence-corrected chi connectivity index (χ4v) is 2.43. The normalized spacial score (nSPS) is 12.6. The Bertz CT molecular complexity index is 559. The molecule has 2 rings (SSSR count). The molecule has 0 fully saturated rings. The second-order valence-electron chi connectivity index (χ2n) is 4.32. The molecule has 0 aliphatic carbocycles. The van der Waals surface area contributed by atoms with E-state index in [0.717, 1.165) is 18.7 Å². The third kappa shape index (κ3) is 2.23. The molecule has 1 atom stereocenters. The zero-order valence-electron chi connectivity index (χ0n) is 10.9. The van der Waals surface area contributed by atoms with Gasteiger partial charge in [0.2, 0.25) is 0 Å². The van der Waals surface area contributed by atoms with Gasteiger partial charge in [-0.3, -0.25) is 4.90 Å². The Hall–Kier alpha value is -1.85. The second-order valence-corrected chi connectivity index (χ2v) is 4.32. The summed E-state index contributed by atoms with van der Waals surface area (Å²) in [6.07, 6.45) is 0. The van der Waals surface area contributed by atoms with Gasteiger partial charge in [0.15, 0.2) is 0 Å². The zero-order chi connectivity index (χ0) is 13.0. The van der Waals surface area contributed by atoms with Gasteiger partial charge in [-0.1, -0.05) is 56.3 Å². The SMILES string of the molecule is CCN(CC)[C@H](C#N)c1cccc2ccccc12. The van der Waals surface area contributed by atoms with E-state index in [0.29, 0.717) is 0 Å². The minimum Gasteiger partial charge on any atom is -0.285 e. The Morgan fingerprint density at radius 1 is 1.06 bits per heavy atom. The number of fused-ring (bicyclic) bond motifs is 1. The number of nitrogens with zero attached hydrogens (tertiary/aromatic N) is 2. The Kier molecular flexibility index (Phi) is 3.96.